The van der Waals surface area contributed by atoms with Gasteiger partial charge in [0, 0.05) is 0 Å². The van der Waals surface area contributed by atoms with Crippen LogP contribution in [0.5, 0.6) is 0 Å². The maximum atomic E-state index is 6.32. The zero-order valence-corrected chi connectivity index (χ0v) is 14.5. The Morgan fingerprint density at radius 2 is 2.05 bits per heavy atom. The number of rotatable bonds is 4. The van der Waals surface area contributed by atoms with E-state index >= 15 is 0 Å². The van der Waals surface area contributed by atoms with E-state index in [4.69, 9.17) is 23.2 Å². The molecule has 1 heterocycles. The van der Waals surface area contributed by atoms with Crippen molar-refractivity contribution in [1.29, 1.82) is 0 Å². The average molecular weight is 385 g/mol. The fraction of sp³-hybridized carbons (Fsp3) is 0.200. The average Bonchev–Trinajstić information content (AvgIpc) is 2.94. The fourth-order valence-electron chi connectivity index (χ4n) is 2.29. The van der Waals surface area contributed by atoms with E-state index in [1.165, 1.54) is 0 Å². The second kappa shape index (κ2) is 6.37. The predicted octanol–water partition coefficient (Wildman–Crippen LogP) is 4.56. The van der Waals surface area contributed by atoms with Crippen molar-refractivity contribution >= 4 is 54.9 Å². The summed E-state index contributed by atoms with van der Waals surface area (Å²) in [6.45, 7) is 2.12. The van der Waals surface area contributed by atoms with E-state index < -0.39 is 0 Å². The van der Waals surface area contributed by atoms with Crippen LogP contribution in [0.15, 0.2) is 36.4 Å². The van der Waals surface area contributed by atoms with Crippen LogP contribution in [0.2, 0.25) is 10.0 Å². The topological polar surface area (TPSA) is 37.8 Å². The third-order valence-electron chi connectivity index (χ3n) is 3.36. The van der Waals surface area contributed by atoms with Gasteiger partial charge in [0.1, 0.15) is 0 Å². The van der Waals surface area contributed by atoms with E-state index in [-0.39, 0.29) is 21.0 Å². The molecule has 0 amide bonds. The van der Waals surface area contributed by atoms with Crippen LogP contribution in [0, 0.1) is 0 Å². The van der Waals surface area contributed by atoms with Crippen LogP contribution in [0.4, 0.5) is 5.69 Å². The molecule has 3 rings (SSSR count). The van der Waals surface area contributed by atoms with E-state index in [0.29, 0.717) is 10.0 Å². The first-order valence-corrected chi connectivity index (χ1v) is 8.90. The van der Waals surface area contributed by atoms with Gasteiger partial charge in [0.25, 0.3) is 0 Å². The van der Waals surface area contributed by atoms with Gasteiger partial charge in [-0.25, -0.2) is 0 Å². The summed E-state index contributed by atoms with van der Waals surface area (Å²) in [5, 5.41) is 4.86. The Morgan fingerprint density at radius 3 is 2.81 bits per heavy atom. The number of halogens is 2. The first-order valence-electron chi connectivity index (χ1n) is 6.62. The molecular formula is C15H13Cl2N3Se. The molecule has 1 N–H and O–H groups in total. The Balaban J connectivity index is 1.96. The van der Waals surface area contributed by atoms with Gasteiger partial charge >= 0.3 is 140 Å². The molecule has 3 aromatic rings. The number of hydrogen-bond donors (Lipinski definition) is 1. The summed E-state index contributed by atoms with van der Waals surface area (Å²) in [4.78, 5) is 0. The zero-order valence-electron chi connectivity index (χ0n) is 11.3. The van der Waals surface area contributed by atoms with Crippen molar-refractivity contribution in [2.24, 2.45) is 0 Å². The Bertz CT molecular complexity index is 772. The van der Waals surface area contributed by atoms with Gasteiger partial charge in [0.15, 0.2) is 0 Å². The van der Waals surface area contributed by atoms with Crippen molar-refractivity contribution in [3.63, 3.8) is 0 Å². The molecule has 3 nitrogen and oxygen atoms in total. The second-order valence-electron chi connectivity index (χ2n) is 4.71. The van der Waals surface area contributed by atoms with E-state index in [9.17, 15) is 0 Å². The number of fused-ring (bicyclic) bond motifs is 1. The van der Waals surface area contributed by atoms with Crippen LogP contribution in [-0.2, 0) is 0 Å². The first-order chi connectivity index (χ1) is 10.2. The van der Waals surface area contributed by atoms with Crippen molar-refractivity contribution in [3.05, 3.63) is 52.0 Å². The summed E-state index contributed by atoms with van der Waals surface area (Å²) in [5.74, 6) is 0. The molecule has 2 aromatic carbocycles. The molecule has 0 bridgehead atoms. The summed E-state index contributed by atoms with van der Waals surface area (Å²) in [6.07, 6.45) is 0.910. The van der Waals surface area contributed by atoms with Gasteiger partial charge in [0.05, 0.1) is 0 Å². The Kier molecular flexibility index (Phi) is 4.51. The van der Waals surface area contributed by atoms with E-state index in [1.54, 1.807) is 6.07 Å². The molecule has 0 aliphatic rings. The molecule has 0 spiro atoms. The van der Waals surface area contributed by atoms with Crippen LogP contribution in [-0.4, -0.2) is 22.9 Å². The zero-order chi connectivity index (χ0) is 14.8. The van der Waals surface area contributed by atoms with Crippen LogP contribution in [0.25, 0.3) is 11.0 Å². The number of anilines is 1. The molecule has 0 saturated heterocycles. The Hall–Kier alpha value is -1.06. The third-order valence-corrected chi connectivity index (χ3v) is 5.06. The minimum absolute atomic E-state index is 0.0280. The van der Waals surface area contributed by atoms with Crippen LogP contribution >= 0.6 is 23.2 Å². The number of nitrogens with one attached hydrogen (secondary N) is 1. The van der Waals surface area contributed by atoms with E-state index in [2.05, 4.69) is 20.2 Å². The van der Waals surface area contributed by atoms with E-state index in [1.807, 2.05) is 30.3 Å². The first kappa shape index (κ1) is 14.9. The minimum atomic E-state index is -0.0280. The summed E-state index contributed by atoms with van der Waals surface area (Å²) in [7, 11) is 0. The van der Waals surface area contributed by atoms with Crippen LogP contribution in [0.3, 0.4) is 0 Å². The molecule has 0 aliphatic heterocycles. The SMILES string of the molecule is CCC(Nc1cccc2n[se]nc12)c1ccc(Cl)cc1Cl. The molecule has 0 saturated carbocycles. The quantitative estimate of drug-likeness (QED) is 0.670. The molecule has 1 unspecified atom stereocenters. The molecular weight excluding hydrogens is 372 g/mol. The molecule has 108 valence electrons. The van der Waals surface area contributed by atoms with Gasteiger partial charge in [0.2, 0.25) is 0 Å². The van der Waals surface area contributed by atoms with E-state index in [0.717, 1.165) is 28.7 Å². The number of hydrogen-bond acceptors (Lipinski definition) is 3. The van der Waals surface area contributed by atoms with Gasteiger partial charge in [-0.15, -0.1) is 0 Å². The van der Waals surface area contributed by atoms with Crippen molar-refractivity contribution in [3.8, 4) is 0 Å². The second-order valence-corrected chi connectivity index (χ2v) is 6.66. The Labute approximate surface area is 139 Å². The Morgan fingerprint density at radius 1 is 1.19 bits per heavy atom. The van der Waals surface area contributed by atoms with Gasteiger partial charge in [-0.2, -0.15) is 0 Å². The van der Waals surface area contributed by atoms with Crippen molar-refractivity contribution in [1.82, 2.24) is 7.96 Å². The van der Waals surface area contributed by atoms with Crippen LogP contribution < -0.4 is 5.32 Å². The molecule has 0 radical (unpaired) electrons. The molecule has 21 heavy (non-hydrogen) atoms. The van der Waals surface area contributed by atoms with Gasteiger partial charge < -0.3 is 0 Å². The normalized spacial score (nSPS) is 12.5. The van der Waals surface area contributed by atoms with Crippen LogP contribution in [0.1, 0.15) is 24.9 Å². The third kappa shape index (κ3) is 3.09. The maximum absolute atomic E-state index is 6.32. The van der Waals surface area contributed by atoms with Crippen molar-refractivity contribution < 1.29 is 0 Å². The summed E-state index contributed by atoms with van der Waals surface area (Å²) in [6, 6.07) is 11.8. The monoisotopic (exact) mass is 385 g/mol. The summed E-state index contributed by atoms with van der Waals surface area (Å²) < 4.78 is 8.90. The standard InChI is InChI=1S/C15H13Cl2N3Se/c1-2-12(10-7-6-9(16)8-11(10)17)18-13-4-3-5-14-15(13)20-21-19-14/h3-8,12,18H,2H2,1H3. The molecule has 0 aliphatic carbocycles. The molecule has 1 aromatic heterocycles. The van der Waals surface area contributed by atoms with Gasteiger partial charge in [-0.05, 0) is 0 Å². The van der Waals surface area contributed by atoms with Crippen molar-refractivity contribution in [2.75, 3.05) is 5.32 Å². The van der Waals surface area contributed by atoms with Gasteiger partial charge in [-0.1, -0.05) is 0 Å². The molecule has 1 atom stereocenters. The molecule has 0 fully saturated rings. The van der Waals surface area contributed by atoms with Crippen molar-refractivity contribution in [2.45, 2.75) is 19.4 Å². The number of benzene rings is 2. The number of nitrogens with zero attached hydrogens (tertiary/aromatic N) is 2. The molecule has 6 heteroatoms. The number of aromatic nitrogens is 2. The summed E-state index contributed by atoms with van der Waals surface area (Å²) >= 11 is 12.3. The fourth-order valence-corrected chi connectivity index (χ4v) is 3.99. The summed E-state index contributed by atoms with van der Waals surface area (Å²) in [5.41, 5.74) is 3.98. The van der Waals surface area contributed by atoms with Gasteiger partial charge in [-0.3, -0.25) is 0 Å². The predicted molar refractivity (Wildman–Crippen MR) is 89.6 cm³/mol.